The van der Waals surface area contributed by atoms with E-state index in [4.69, 9.17) is 10.5 Å². The molecule has 0 radical (unpaired) electrons. The summed E-state index contributed by atoms with van der Waals surface area (Å²) in [6, 6.07) is 4.93. The number of benzene rings is 1. The number of aromatic nitrogens is 4. The van der Waals surface area contributed by atoms with Gasteiger partial charge in [-0.2, -0.15) is 13.2 Å². The topological polar surface area (TPSA) is 78.8 Å². The van der Waals surface area contributed by atoms with E-state index in [2.05, 4.69) is 15.5 Å². The first-order valence-electron chi connectivity index (χ1n) is 6.17. The average Bonchev–Trinajstić information content (AvgIpc) is 2.85. The van der Waals surface area contributed by atoms with Gasteiger partial charge in [0.1, 0.15) is 5.75 Å². The van der Waals surface area contributed by atoms with Crippen LogP contribution in [0.5, 0.6) is 5.75 Å². The maximum Gasteiger partial charge on any atom is 0.389 e. The zero-order valence-electron chi connectivity index (χ0n) is 11.3. The largest absolute Gasteiger partial charge is 0.497 e. The van der Waals surface area contributed by atoms with Crippen LogP contribution in [-0.2, 0) is 6.54 Å². The number of tetrazole rings is 1. The molecular weight excluding hydrogens is 287 g/mol. The molecular formula is C12H14F3N5O. The van der Waals surface area contributed by atoms with Crippen molar-refractivity contribution in [1.29, 1.82) is 0 Å². The monoisotopic (exact) mass is 301 g/mol. The number of methoxy groups -OCH3 is 1. The average molecular weight is 301 g/mol. The number of nitrogens with two attached hydrogens (primary N) is 1. The Morgan fingerprint density at radius 1 is 1.29 bits per heavy atom. The highest BCUT2D eigenvalue weighted by Gasteiger charge is 2.26. The molecule has 0 aliphatic carbocycles. The van der Waals surface area contributed by atoms with Gasteiger partial charge in [0.2, 0.25) is 0 Å². The van der Waals surface area contributed by atoms with E-state index in [1.54, 1.807) is 18.2 Å². The van der Waals surface area contributed by atoms with Crippen LogP contribution in [0.4, 0.5) is 18.9 Å². The van der Waals surface area contributed by atoms with E-state index in [1.165, 1.54) is 11.8 Å². The Morgan fingerprint density at radius 2 is 2.05 bits per heavy atom. The molecule has 0 unspecified atom stereocenters. The first-order chi connectivity index (χ1) is 9.89. The summed E-state index contributed by atoms with van der Waals surface area (Å²) in [5, 5.41) is 11.0. The van der Waals surface area contributed by atoms with Crippen LogP contribution < -0.4 is 10.5 Å². The van der Waals surface area contributed by atoms with Crippen molar-refractivity contribution in [2.75, 3.05) is 12.8 Å². The van der Waals surface area contributed by atoms with Crippen molar-refractivity contribution in [3.05, 3.63) is 18.2 Å². The fourth-order valence-corrected chi connectivity index (χ4v) is 1.86. The van der Waals surface area contributed by atoms with Gasteiger partial charge in [0.05, 0.1) is 7.11 Å². The summed E-state index contributed by atoms with van der Waals surface area (Å²) in [7, 11) is 1.49. The minimum Gasteiger partial charge on any atom is -0.497 e. The number of nitrogens with zero attached hydrogens (tertiary/aromatic N) is 4. The molecule has 6 nitrogen and oxygen atoms in total. The Hall–Kier alpha value is -2.32. The first kappa shape index (κ1) is 15.1. The number of hydrogen-bond donors (Lipinski definition) is 1. The van der Waals surface area contributed by atoms with Crippen molar-refractivity contribution in [1.82, 2.24) is 20.2 Å². The van der Waals surface area contributed by atoms with Gasteiger partial charge in [-0.25, -0.2) is 4.68 Å². The third kappa shape index (κ3) is 4.07. The lowest BCUT2D eigenvalue weighted by molar-refractivity contribution is -0.136. The Bertz CT molecular complexity index is 611. The molecule has 2 aromatic rings. The molecule has 0 atom stereocenters. The van der Waals surface area contributed by atoms with Crippen molar-refractivity contribution in [2.45, 2.75) is 25.6 Å². The van der Waals surface area contributed by atoms with Crippen molar-refractivity contribution in [3.8, 4) is 17.1 Å². The standard InChI is InChI=1S/C12H14F3N5O/c1-21-10-6-8(5-9(16)7-10)11-17-18-19-20(11)4-2-3-12(13,14)15/h5-7H,2-4,16H2,1H3. The minimum atomic E-state index is -4.19. The summed E-state index contributed by atoms with van der Waals surface area (Å²) in [4.78, 5) is 0. The van der Waals surface area contributed by atoms with E-state index in [0.717, 1.165) is 0 Å². The molecule has 9 heteroatoms. The summed E-state index contributed by atoms with van der Waals surface area (Å²) in [5.41, 5.74) is 6.78. The van der Waals surface area contributed by atoms with Crippen molar-refractivity contribution >= 4 is 5.69 Å². The van der Waals surface area contributed by atoms with E-state index in [0.29, 0.717) is 22.8 Å². The third-order valence-corrected chi connectivity index (χ3v) is 2.78. The predicted molar refractivity (Wildman–Crippen MR) is 69.5 cm³/mol. The quantitative estimate of drug-likeness (QED) is 0.857. The molecule has 0 fully saturated rings. The molecule has 21 heavy (non-hydrogen) atoms. The summed E-state index contributed by atoms with van der Waals surface area (Å²) >= 11 is 0. The van der Waals surface area contributed by atoms with Gasteiger partial charge in [0.25, 0.3) is 0 Å². The number of alkyl halides is 3. The van der Waals surface area contributed by atoms with Gasteiger partial charge in [0, 0.05) is 30.3 Å². The van der Waals surface area contributed by atoms with Crippen LogP contribution in [0.3, 0.4) is 0 Å². The highest BCUT2D eigenvalue weighted by Crippen LogP contribution is 2.26. The number of rotatable bonds is 5. The highest BCUT2D eigenvalue weighted by molar-refractivity contribution is 5.64. The maximum atomic E-state index is 12.2. The van der Waals surface area contributed by atoms with Crippen LogP contribution in [0.15, 0.2) is 18.2 Å². The van der Waals surface area contributed by atoms with Gasteiger partial charge in [-0.05, 0) is 29.0 Å². The molecule has 1 heterocycles. The Balaban J connectivity index is 2.18. The molecule has 114 valence electrons. The van der Waals surface area contributed by atoms with Crippen LogP contribution in [0, 0.1) is 0 Å². The summed E-state index contributed by atoms with van der Waals surface area (Å²) in [6.45, 7) is 0.0684. The number of hydrogen-bond acceptors (Lipinski definition) is 5. The number of anilines is 1. The lowest BCUT2D eigenvalue weighted by atomic mass is 10.1. The van der Waals surface area contributed by atoms with Gasteiger partial charge < -0.3 is 10.5 Å². The van der Waals surface area contributed by atoms with Gasteiger partial charge in [-0.3, -0.25) is 0 Å². The smallest absolute Gasteiger partial charge is 0.389 e. The Kier molecular flexibility index (Phi) is 4.29. The number of halogens is 3. The Labute approximate surface area is 118 Å². The second-order valence-corrected chi connectivity index (χ2v) is 4.44. The number of ether oxygens (including phenoxy) is 1. The second kappa shape index (κ2) is 5.98. The van der Waals surface area contributed by atoms with Gasteiger partial charge in [-0.1, -0.05) is 0 Å². The molecule has 2 rings (SSSR count). The summed E-state index contributed by atoms with van der Waals surface area (Å²) in [5.74, 6) is 0.873. The fourth-order valence-electron chi connectivity index (χ4n) is 1.86. The lowest BCUT2D eigenvalue weighted by Crippen LogP contribution is -2.10. The SMILES string of the molecule is COc1cc(N)cc(-c2nnnn2CCCC(F)(F)F)c1. The van der Waals surface area contributed by atoms with Crippen molar-refractivity contribution in [3.63, 3.8) is 0 Å². The fraction of sp³-hybridized carbons (Fsp3) is 0.417. The minimum absolute atomic E-state index is 0.0684. The normalized spacial score (nSPS) is 11.6. The molecule has 1 aromatic carbocycles. The van der Waals surface area contributed by atoms with Crippen molar-refractivity contribution < 1.29 is 17.9 Å². The van der Waals surface area contributed by atoms with E-state index < -0.39 is 12.6 Å². The second-order valence-electron chi connectivity index (χ2n) is 4.44. The zero-order valence-corrected chi connectivity index (χ0v) is 11.3. The van der Waals surface area contributed by atoms with Crippen LogP contribution in [0.1, 0.15) is 12.8 Å². The molecule has 0 saturated carbocycles. The van der Waals surface area contributed by atoms with Crippen LogP contribution in [0.25, 0.3) is 11.4 Å². The zero-order chi connectivity index (χ0) is 15.5. The van der Waals surface area contributed by atoms with E-state index in [1.807, 2.05) is 0 Å². The summed E-state index contributed by atoms with van der Waals surface area (Å²) < 4.78 is 42.9. The number of aryl methyl sites for hydroxylation is 1. The molecule has 0 amide bonds. The van der Waals surface area contributed by atoms with Gasteiger partial charge >= 0.3 is 6.18 Å². The molecule has 1 aromatic heterocycles. The van der Waals surface area contributed by atoms with Crippen molar-refractivity contribution in [2.24, 2.45) is 0 Å². The predicted octanol–water partition coefficient (Wildman–Crippen LogP) is 2.27. The molecule has 0 aliphatic heterocycles. The highest BCUT2D eigenvalue weighted by atomic mass is 19.4. The van der Waals surface area contributed by atoms with E-state index in [-0.39, 0.29) is 13.0 Å². The molecule has 0 aliphatic rings. The van der Waals surface area contributed by atoms with Gasteiger partial charge in [0.15, 0.2) is 5.82 Å². The van der Waals surface area contributed by atoms with Crippen LogP contribution in [-0.4, -0.2) is 33.5 Å². The number of nitrogen functional groups attached to an aromatic ring is 1. The molecule has 2 N–H and O–H groups in total. The lowest BCUT2D eigenvalue weighted by Gasteiger charge is -2.08. The van der Waals surface area contributed by atoms with Gasteiger partial charge in [-0.15, -0.1) is 5.10 Å². The molecule has 0 saturated heterocycles. The molecule has 0 spiro atoms. The Morgan fingerprint density at radius 3 is 2.71 bits per heavy atom. The van der Waals surface area contributed by atoms with Crippen LogP contribution >= 0.6 is 0 Å². The summed E-state index contributed by atoms with van der Waals surface area (Å²) in [6.07, 6.45) is -5.16. The third-order valence-electron chi connectivity index (χ3n) is 2.78. The molecule has 0 bridgehead atoms. The van der Waals surface area contributed by atoms with E-state index in [9.17, 15) is 13.2 Å². The van der Waals surface area contributed by atoms with Crippen LogP contribution in [0.2, 0.25) is 0 Å². The first-order valence-corrected chi connectivity index (χ1v) is 6.17. The van der Waals surface area contributed by atoms with E-state index >= 15 is 0 Å². The maximum absolute atomic E-state index is 12.2.